The highest BCUT2D eigenvalue weighted by molar-refractivity contribution is 6.01. The minimum atomic E-state index is -1.29. The fourth-order valence-electron chi connectivity index (χ4n) is 5.22. The number of pyridine rings is 1. The van der Waals surface area contributed by atoms with Gasteiger partial charge in [-0.1, -0.05) is 19.9 Å². The lowest BCUT2D eigenvalue weighted by atomic mass is 9.61. The van der Waals surface area contributed by atoms with Crippen molar-refractivity contribution in [3.8, 4) is 0 Å². The van der Waals surface area contributed by atoms with Gasteiger partial charge >= 0.3 is 0 Å². The molecule has 0 aliphatic carbocycles. The molecule has 6 nitrogen and oxygen atoms in total. The molecule has 2 aliphatic rings. The van der Waals surface area contributed by atoms with E-state index in [4.69, 9.17) is 0 Å². The predicted molar refractivity (Wildman–Crippen MR) is 111 cm³/mol. The van der Waals surface area contributed by atoms with Gasteiger partial charge in [-0.15, -0.1) is 0 Å². The van der Waals surface area contributed by atoms with Gasteiger partial charge in [0.05, 0.1) is 11.4 Å². The number of aliphatic hydroxyl groups is 1. The fraction of sp³-hybridized carbons (Fsp3) is 0.522. The number of piperidine rings is 2. The molecule has 2 fully saturated rings. The molecule has 2 unspecified atom stereocenters. The van der Waals surface area contributed by atoms with Crippen LogP contribution in [0.2, 0.25) is 0 Å². The lowest BCUT2D eigenvalue weighted by molar-refractivity contribution is -0.134. The van der Waals surface area contributed by atoms with Crippen molar-refractivity contribution >= 4 is 22.7 Å². The van der Waals surface area contributed by atoms with Crippen LogP contribution in [0.5, 0.6) is 0 Å². The first-order valence-electron chi connectivity index (χ1n) is 10.7. The van der Waals surface area contributed by atoms with Crippen LogP contribution in [0.25, 0.3) is 10.9 Å². The molecule has 0 spiro atoms. The van der Waals surface area contributed by atoms with Gasteiger partial charge in [-0.25, -0.2) is 4.39 Å². The summed E-state index contributed by atoms with van der Waals surface area (Å²) in [5, 5.41) is 17.8. The molecular weight excluding hydrogens is 385 g/mol. The predicted octanol–water partition coefficient (Wildman–Crippen LogP) is 2.88. The van der Waals surface area contributed by atoms with Gasteiger partial charge in [-0.3, -0.25) is 19.9 Å². The van der Waals surface area contributed by atoms with Gasteiger partial charge < -0.3 is 10.4 Å². The Morgan fingerprint density at radius 1 is 1.27 bits per heavy atom. The topological polar surface area (TPSA) is 91.3 Å². The minimum absolute atomic E-state index is 0.249. The number of rotatable bonds is 4. The van der Waals surface area contributed by atoms with Crippen LogP contribution in [0.15, 0.2) is 24.4 Å². The number of hydrogen-bond acceptors (Lipinski definition) is 5. The first-order chi connectivity index (χ1) is 14.3. The Morgan fingerprint density at radius 2 is 2.03 bits per heavy atom. The van der Waals surface area contributed by atoms with Crippen molar-refractivity contribution in [2.45, 2.75) is 57.5 Å². The molecule has 0 saturated carbocycles. The summed E-state index contributed by atoms with van der Waals surface area (Å²) in [6.07, 6.45) is 4.07. The van der Waals surface area contributed by atoms with E-state index in [0.717, 1.165) is 12.8 Å². The smallest absolute Gasteiger partial charge is 0.234 e. The number of hydrogen-bond donors (Lipinski definition) is 3. The molecule has 1 aromatic heterocycles. The van der Waals surface area contributed by atoms with Crippen LogP contribution in [0, 0.1) is 11.2 Å². The van der Waals surface area contributed by atoms with Gasteiger partial charge in [0.2, 0.25) is 11.8 Å². The van der Waals surface area contributed by atoms with Crippen LogP contribution >= 0.6 is 0 Å². The largest absolute Gasteiger partial charge is 0.384 e. The number of carbonyl (C=O) groups is 2. The van der Waals surface area contributed by atoms with Gasteiger partial charge in [-0.2, -0.15) is 0 Å². The summed E-state index contributed by atoms with van der Waals surface area (Å²) >= 11 is 0. The Morgan fingerprint density at radius 3 is 2.73 bits per heavy atom. The number of imide groups is 1. The summed E-state index contributed by atoms with van der Waals surface area (Å²) in [4.78, 5) is 28.1. The lowest BCUT2D eigenvalue weighted by Gasteiger charge is -2.50. The second kappa shape index (κ2) is 7.71. The normalized spacial score (nSPS) is 26.6. The minimum Gasteiger partial charge on any atom is -0.384 e. The van der Waals surface area contributed by atoms with E-state index in [2.05, 4.69) is 15.6 Å². The molecule has 4 rings (SSSR count). The molecule has 30 heavy (non-hydrogen) atoms. The van der Waals surface area contributed by atoms with Gasteiger partial charge in [0.1, 0.15) is 11.4 Å². The molecule has 7 heteroatoms. The van der Waals surface area contributed by atoms with E-state index in [1.165, 1.54) is 0 Å². The SMILES string of the molecule is CCC1(CC)CNCCC1(O)c1ccc2ncc(C3CCC(=O)NC3=O)cc2c1F. The molecule has 2 saturated heterocycles. The number of halogens is 1. The van der Waals surface area contributed by atoms with Crippen LogP contribution < -0.4 is 10.6 Å². The third-order valence-electron chi connectivity index (χ3n) is 7.27. The van der Waals surface area contributed by atoms with E-state index in [1.54, 1.807) is 24.4 Å². The quantitative estimate of drug-likeness (QED) is 0.671. The number of nitrogens with zero attached hydrogens (tertiary/aromatic N) is 1. The van der Waals surface area contributed by atoms with Gasteiger partial charge in [-0.05, 0) is 49.9 Å². The van der Waals surface area contributed by atoms with E-state index in [1.807, 2.05) is 13.8 Å². The Hall–Kier alpha value is -2.38. The van der Waals surface area contributed by atoms with Crippen molar-refractivity contribution in [1.29, 1.82) is 0 Å². The number of carbonyl (C=O) groups excluding carboxylic acids is 2. The number of fused-ring (bicyclic) bond motifs is 1. The first-order valence-corrected chi connectivity index (χ1v) is 10.7. The summed E-state index contributed by atoms with van der Waals surface area (Å²) in [6, 6.07) is 5.03. The Bertz CT molecular complexity index is 1000. The van der Waals surface area contributed by atoms with Gasteiger partial charge in [0, 0.05) is 35.5 Å². The van der Waals surface area contributed by atoms with Crippen molar-refractivity contribution in [3.63, 3.8) is 0 Å². The summed E-state index contributed by atoms with van der Waals surface area (Å²) < 4.78 is 15.8. The molecular formula is C23H28FN3O3. The van der Waals surface area contributed by atoms with Crippen LogP contribution in [0.3, 0.4) is 0 Å². The molecule has 0 radical (unpaired) electrons. The van der Waals surface area contributed by atoms with Crippen LogP contribution in [-0.2, 0) is 15.2 Å². The highest BCUT2D eigenvalue weighted by Gasteiger charge is 2.51. The molecule has 160 valence electrons. The summed E-state index contributed by atoms with van der Waals surface area (Å²) in [5.41, 5.74) is -0.400. The highest BCUT2D eigenvalue weighted by Crippen LogP contribution is 2.50. The molecule has 2 aliphatic heterocycles. The summed E-state index contributed by atoms with van der Waals surface area (Å²) in [5.74, 6) is -1.68. The zero-order chi connectivity index (χ0) is 21.5. The highest BCUT2D eigenvalue weighted by atomic mass is 19.1. The van der Waals surface area contributed by atoms with Crippen LogP contribution in [0.1, 0.15) is 63.0 Å². The first kappa shape index (κ1) is 20.9. The second-order valence-corrected chi connectivity index (χ2v) is 8.54. The third-order valence-corrected chi connectivity index (χ3v) is 7.27. The van der Waals surface area contributed by atoms with E-state index in [0.29, 0.717) is 48.0 Å². The third kappa shape index (κ3) is 3.11. The van der Waals surface area contributed by atoms with E-state index in [-0.39, 0.29) is 18.2 Å². The molecule has 2 amide bonds. The van der Waals surface area contributed by atoms with Crippen molar-refractivity contribution in [2.24, 2.45) is 5.41 Å². The van der Waals surface area contributed by atoms with E-state index in [9.17, 15) is 14.7 Å². The molecule has 3 heterocycles. The van der Waals surface area contributed by atoms with Gasteiger partial charge in [0.15, 0.2) is 0 Å². The monoisotopic (exact) mass is 413 g/mol. The zero-order valence-electron chi connectivity index (χ0n) is 17.4. The standard InChI is InChI=1S/C23H28FN3O3/c1-3-22(4-2)13-25-10-9-23(22,30)17-6-7-18-16(20(17)24)11-14(12-26-18)15-5-8-19(28)27-21(15)29/h6-7,11-12,15,25,30H,3-5,8-10,13H2,1-2H3,(H,27,28,29). The fourth-order valence-corrected chi connectivity index (χ4v) is 5.22. The molecule has 2 atom stereocenters. The average Bonchev–Trinajstić information content (AvgIpc) is 2.74. The van der Waals surface area contributed by atoms with Crippen LogP contribution in [-0.4, -0.2) is 35.0 Å². The van der Waals surface area contributed by atoms with Crippen molar-refractivity contribution in [1.82, 2.24) is 15.6 Å². The van der Waals surface area contributed by atoms with Gasteiger partial charge in [0.25, 0.3) is 0 Å². The number of aromatic nitrogens is 1. The van der Waals surface area contributed by atoms with E-state index >= 15 is 4.39 Å². The second-order valence-electron chi connectivity index (χ2n) is 8.54. The lowest BCUT2D eigenvalue weighted by Crippen LogP contribution is -2.56. The summed E-state index contributed by atoms with van der Waals surface area (Å²) in [6.45, 7) is 5.30. The number of nitrogens with one attached hydrogen (secondary N) is 2. The summed E-state index contributed by atoms with van der Waals surface area (Å²) in [7, 11) is 0. The van der Waals surface area contributed by atoms with Crippen molar-refractivity contribution in [2.75, 3.05) is 13.1 Å². The average molecular weight is 413 g/mol. The van der Waals surface area contributed by atoms with Crippen molar-refractivity contribution in [3.05, 3.63) is 41.3 Å². The molecule has 1 aromatic carbocycles. The van der Waals surface area contributed by atoms with Crippen LogP contribution in [0.4, 0.5) is 4.39 Å². The Labute approximate surface area is 175 Å². The Kier molecular flexibility index (Phi) is 5.36. The number of benzene rings is 1. The maximum Gasteiger partial charge on any atom is 0.234 e. The number of amides is 2. The molecule has 3 N–H and O–H groups in total. The Balaban J connectivity index is 1.82. The maximum atomic E-state index is 15.8. The van der Waals surface area contributed by atoms with Crippen molar-refractivity contribution < 1.29 is 19.1 Å². The molecule has 0 bridgehead atoms. The molecule has 2 aromatic rings. The maximum absolute atomic E-state index is 15.8. The van der Waals surface area contributed by atoms with E-state index < -0.39 is 22.8 Å². The zero-order valence-corrected chi connectivity index (χ0v) is 17.4.